The highest BCUT2D eigenvalue weighted by atomic mass is 35.5. The molecular weight excluding hydrogens is 406 g/mol. The summed E-state index contributed by atoms with van der Waals surface area (Å²) in [6.07, 6.45) is 0. The smallest absolute Gasteiger partial charge is 0.263 e. The first-order chi connectivity index (χ1) is 13.4. The minimum absolute atomic E-state index is 0.260. The molecule has 0 saturated carbocycles. The summed E-state index contributed by atoms with van der Waals surface area (Å²) in [5, 5.41) is 6.50. The molecule has 2 heterocycles. The zero-order valence-corrected chi connectivity index (χ0v) is 16.6. The molecule has 28 heavy (non-hydrogen) atoms. The van der Waals surface area contributed by atoms with E-state index in [-0.39, 0.29) is 5.13 Å². The second-order valence-corrected chi connectivity index (χ2v) is 8.03. The summed E-state index contributed by atoms with van der Waals surface area (Å²) in [6.45, 7) is 4.64. The monoisotopic (exact) mass is 422 g/mol. The molecule has 0 atom stereocenters. The molecule has 4 rings (SSSR count). The van der Waals surface area contributed by atoms with Gasteiger partial charge in [-0.3, -0.25) is 10.1 Å². The molecule has 3 aromatic rings. The van der Waals surface area contributed by atoms with Crippen molar-refractivity contribution in [2.24, 2.45) is 0 Å². The first-order valence-corrected chi connectivity index (χ1v) is 9.94. The standard InChI is InChI=1S/C19H17ClF2N4OS/c1-10-6-11(20)7-15-17(10)24-19(28-15)25-18(27)16-13(21)8-12(9-14(16)22)26-4-2-23-3-5-26/h6-9,23H,2-5H2,1H3,(H,24,25,27). The largest absolute Gasteiger partial charge is 0.369 e. The van der Waals surface area contributed by atoms with E-state index in [0.29, 0.717) is 29.3 Å². The normalized spacial score (nSPS) is 14.5. The average molecular weight is 423 g/mol. The molecule has 146 valence electrons. The number of nitrogens with zero attached hydrogens (tertiary/aromatic N) is 2. The fraction of sp³-hybridized carbons (Fsp3) is 0.263. The Morgan fingerprint density at radius 3 is 2.57 bits per heavy atom. The molecular formula is C19H17ClF2N4OS. The second-order valence-electron chi connectivity index (χ2n) is 6.56. The predicted octanol–water partition coefficient (Wildman–Crippen LogP) is 4.20. The van der Waals surface area contributed by atoms with E-state index < -0.39 is 23.1 Å². The van der Waals surface area contributed by atoms with Crippen LogP contribution in [0.25, 0.3) is 10.2 Å². The lowest BCUT2D eigenvalue weighted by molar-refractivity contribution is 0.101. The second kappa shape index (κ2) is 7.62. The first-order valence-electron chi connectivity index (χ1n) is 8.75. The quantitative estimate of drug-likeness (QED) is 0.664. The summed E-state index contributed by atoms with van der Waals surface area (Å²) < 4.78 is 29.9. The number of aryl methyl sites for hydroxylation is 1. The Labute approximate surface area is 169 Å². The van der Waals surface area contributed by atoms with Gasteiger partial charge >= 0.3 is 0 Å². The van der Waals surface area contributed by atoms with E-state index in [2.05, 4.69) is 15.6 Å². The summed E-state index contributed by atoms with van der Waals surface area (Å²) in [7, 11) is 0. The number of thiazole rings is 1. The Kier molecular flexibility index (Phi) is 5.18. The van der Waals surface area contributed by atoms with Crippen LogP contribution in [0.4, 0.5) is 19.6 Å². The fourth-order valence-corrected chi connectivity index (χ4v) is 4.57. The van der Waals surface area contributed by atoms with Gasteiger partial charge in [-0.2, -0.15) is 0 Å². The van der Waals surface area contributed by atoms with Crippen molar-refractivity contribution in [3.8, 4) is 0 Å². The van der Waals surface area contributed by atoms with Crippen molar-refractivity contribution in [3.05, 3.63) is 52.0 Å². The van der Waals surface area contributed by atoms with Crippen LogP contribution in [-0.4, -0.2) is 37.1 Å². The minimum atomic E-state index is -0.897. The third kappa shape index (κ3) is 3.67. The maximum Gasteiger partial charge on any atom is 0.263 e. The number of fused-ring (bicyclic) bond motifs is 1. The maximum atomic E-state index is 14.6. The van der Waals surface area contributed by atoms with E-state index in [9.17, 15) is 13.6 Å². The Hall–Kier alpha value is -2.29. The van der Waals surface area contributed by atoms with Crippen LogP contribution < -0.4 is 15.5 Å². The van der Waals surface area contributed by atoms with Crippen molar-refractivity contribution in [1.29, 1.82) is 0 Å². The van der Waals surface area contributed by atoms with Crippen LogP contribution in [-0.2, 0) is 0 Å². The highest BCUT2D eigenvalue weighted by Gasteiger charge is 2.22. The van der Waals surface area contributed by atoms with Crippen LogP contribution in [0.3, 0.4) is 0 Å². The number of anilines is 2. The summed E-state index contributed by atoms with van der Waals surface area (Å²) in [5.74, 6) is -2.66. The number of nitrogens with one attached hydrogen (secondary N) is 2. The third-order valence-electron chi connectivity index (χ3n) is 4.61. The molecule has 0 bridgehead atoms. The van der Waals surface area contributed by atoms with Crippen LogP contribution in [0, 0.1) is 18.6 Å². The molecule has 2 aromatic carbocycles. The number of piperazine rings is 1. The highest BCUT2D eigenvalue weighted by Crippen LogP contribution is 2.31. The van der Waals surface area contributed by atoms with E-state index in [0.717, 1.165) is 23.4 Å². The van der Waals surface area contributed by atoms with Gasteiger partial charge in [0.25, 0.3) is 5.91 Å². The van der Waals surface area contributed by atoms with E-state index in [1.54, 1.807) is 12.1 Å². The van der Waals surface area contributed by atoms with Gasteiger partial charge < -0.3 is 10.2 Å². The van der Waals surface area contributed by atoms with Gasteiger partial charge in [0.2, 0.25) is 0 Å². The Balaban J connectivity index is 1.60. The molecule has 2 N–H and O–H groups in total. The van der Waals surface area contributed by atoms with E-state index >= 15 is 0 Å². The van der Waals surface area contributed by atoms with Crippen LogP contribution in [0.1, 0.15) is 15.9 Å². The van der Waals surface area contributed by atoms with Gasteiger partial charge in [-0.25, -0.2) is 13.8 Å². The summed E-state index contributed by atoms with van der Waals surface area (Å²) in [4.78, 5) is 18.7. The molecule has 0 unspecified atom stereocenters. The lowest BCUT2D eigenvalue weighted by Crippen LogP contribution is -2.43. The molecule has 0 radical (unpaired) electrons. The van der Waals surface area contributed by atoms with Crippen LogP contribution in [0.5, 0.6) is 0 Å². The summed E-state index contributed by atoms with van der Waals surface area (Å²) in [6, 6.07) is 5.90. The highest BCUT2D eigenvalue weighted by molar-refractivity contribution is 7.22. The van der Waals surface area contributed by atoms with Gasteiger partial charge in [-0.15, -0.1) is 0 Å². The molecule has 1 aromatic heterocycles. The molecule has 1 aliphatic heterocycles. The molecule has 0 spiro atoms. The van der Waals surface area contributed by atoms with E-state index in [1.807, 2.05) is 11.8 Å². The number of aromatic nitrogens is 1. The number of carbonyl (C=O) groups excluding carboxylic acids is 1. The Bertz CT molecular complexity index is 1040. The number of rotatable bonds is 3. The topological polar surface area (TPSA) is 57.3 Å². The van der Waals surface area contributed by atoms with Crippen LogP contribution in [0.2, 0.25) is 5.02 Å². The van der Waals surface area contributed by atoms with Gasteiger partial charge in [-0.05, 0) is 36.8 Å². The van der Waals surface area contributed by atoms with Gasteiger partial charge in [0, 0.05) is 36.9 Å². The van der Waals surface area contributed by atoms with Crippen molar-refractivity contribution < 1.29 is 13.6 Å². The Morgan fingerprint density at radius 2 is 1.89 bits per heavy atom. The molecule has 1 aliphatic rings. The SMILES string of the molecule is Cc1cc(Cl)cc2sc(NC(=O)c3c(F)cc(N4CCNCC4)cc3F)nc12. The number of benzene rings is 2. The number of amides is 1. The fourth-order valence-electron chi connectivity index (χ4n) is 3.25. The molecule has 1 fully saturated rings. The van der Waals surface area contributed by atoms with Crippen molar-refractivity contribution >= 4 is 49.9 Å². The molecule has 1 amide bonds. The van der Waals surface area contributed by atoms with Crippen LogP contribution >= 0.6 is 22.9 Å². The van der Waals surface area contributed by atoms with E-state index in [4.69, 9.17) is 11.6 Å². The van der Waals surface area contributed by atoms with Crippen molar-refractivity contribution in [2.75, 3.05) is 36.4 Å². The van der Waals surface area contributed by atoms with E-state index in [1.165, 1.54) is 23.5 Å². The lowest BCUT2D eigenvalue weighted by atomic mass is 10.1. The Morgan fingerprint density at radius 1 is 1.21 bits per heavy atom. The zero-order chi connectivity index (χ0) is 19.8. The molecule has 1 saturated heterocycles. The number of halogens is 3. The van der Waals surface area contributed by atoms with Gasteiger partial charge in [0.15, 0.2) is 5.13 Å². The number of hydrogen-bond acceptors (Lipinski definition) is 5. The minimum Gasteiger partial charge on any atom is -0.369 e. The third-order valence-corrected chi connectivity index (χ3v) is 5.74. The van der Waals surface area contributed by atoms with Gasteiger partial charge in [0.05, 0.1) is 10.2 Å². The van der Waals surface area contributed by atoms with Crippen molar-refractivity contribution in [3.63, 3.8) is 0 Å². The van der Waals surface area contributed by atoms with Gasteiger partial charge in [0.1, 0.15) is 17.2 Å². The molecule has 9 heteroatoms. The maximum absolute atomic E-state index is 14.6. The van der Waals surface area contributed by atoms with Crippen molar-refractivity contribution in [1.82, 2.24) is 10.3 Å². The predicted molar refractivity (Wildman–Crippen MR) is 109 cm³/mol. The average Bonchev–Trinajstić information content (AvgIpc) is 3.04. The zero-order valence-electron chi connectivity index (χ0n) is 15.0. The van der Waals surface area contributed by atoms with Gasteiger partial charge in [-0.1, -0.05) is 22.9 Å². The first kappa shape index (κ1) is 19.0. The summed E-state index contributed by atoms with van der Waals surface area (Å²) >= 11 is 7.24. The lowest BCUT2D eigenvalue weighted by Gasteiger charge is -2.29. The number of hydrogen-bond donors (Lipinski definition) is 2. The summed E-state index contributed by atoms with van der Waals surface area (Å²) in [5.41, 5.74) is 1.36. The van der Waals surface area contributed by atoms with Crippen LogP contribution in [0.15, 0.2) is 24.3 Å². The molecule has 0 aliphatic carbocycles. The number of carbonyl (C=O) groups is 1. The molecule has 5 nitrogen and oxygen atoms in total. The van der Waals surface area contributed by atoms with Crippen molar-refractivity contribution in [2.45, 2.75) is 6.92 Å².